The van der Waals surface area contributed by atoms with Crippen molar-refractivity contribution in [1.29, 1.82) is 0 Å². The van der Waals surface area contributed by atoms with Gasteiger partial charge >= 0.3 is 0 Å². The van der Waals surface area contributed by atoms with Crippen LogP contribution >= 0.6 is 11.6 Å². The Balaban J connectivity index is 2.49. The first-order valence-electron chi connectivity index (χ1n) is 5.93. The minimum absolute atomic E-state index is 0.0357. The summed E-state index contributed by atoms with van der Waals surface area (Å²) in [6.07, 6.45) is 0. The van der Waals surface area contributed by atoms with Crippen LogP contribution in [0.3, 0.4) is 0 Å². The second kappa shape index (κ2) is 5.95. The lowest BCUT2D eigenvalue weighted by atomic mass is 10.1. The summed E-state index contributed by atoms with van der Waals surface area (Å²) in [6, 6.07) is 13.1. The van der Waals surface area contributed by atoms with Crippen LogP contribution in [0.5, 0.6) is 5.75 Å². The quantitative estimate of drug-likeness (QED) is 0.927. The number of ether oxygens (including phenoxy) is 1. The van der Waals surface area contributed by atoms with Crippen molar-refractivity contribution in [3.8, 4) is 5.75 Å². The van der Waals surface area contributed by atoms with Gasteiger partial charge in [-0.3, -0.25) is 0 Å². The Morgan fingerprint density at radius 3 is 2.58 bits per heavy atom. The monoisotopic (exact) mass is 277 g/mol. The maximum Gasteiger partial charge on any atom is 0.142 e. The summed E-state index contributed by atoms with van der Waals surface area (Å²) in [5.74, 6) is 0.772. The van der Waals surface area contributed by atoms with Crippen molar-refractivity contribution in [2.75, 3.05) is 19.1 Å². The number of nitrogens with zero attached hydrogens (tertiary/aromatic N) is 1. The molecule has 0 atom stereocenters. The molecule has 1 N–H and O–H groups in total. The second-order valence-corrected chi connectivity index (χ2v) is 4.60. The Morgan fingerprint density at radius 1 is 1.16 bits per heavy atom. The fourth-order valence-electron chi connectivity index (χ4n) is 2.02. The summed E-state index contributed by atoms with van der Waals surface area (Å²) < 4.78 is 5.35. The zero-order valence-corrected chi connectivity index (χ0v) is 11.7. The van der Waals surface area contributed by atoms with E-state index in [4.69, 9.17) is 16.3 Å². The van der Waals surface area contributed by atoms with Gasteiger partial charge in [0, 0.05) is 23.3 Å². The Kier molecular flexibility index (Phi) is 4.30. The normalized spacial score (nSPS) is 10.3. The summed E-state index contributed by atoms with van der Waals surface area (Å²) in [7, 11) is 3.56. The number of hydrogen-bond acceptors (Lipinski definition) is 3. The van der Waals surface area contributed by atoms with Crippen LogP contribution < -0.4 is 9.64 Å². The number of aliphatic hydroxyl groups excluding tert-OH is 1. The van der Waals surface area contributed by atoms with Crippen LogP contribution in [0.2, 0.25) is 5.02 Å². The number of aliphatic hydroxyl groups is 1. The van der Waals surface area contributed by atoms with Crippen LogP contribution in [0.4, 0.5) is 11.4 Å². The van der Waals surface area contributed by atoms with Gasteiger partial charge in [0.15, 0.2) is 0 Å². The van der Waals surface area contributed by atoms with E-state index >= 15 is 0 Å². The molecule has 4 heteroatoms. The van der Waals surface area contributed by atoms with Gasteiger partial charge in [-0.15, -0.1) is 0 Å². The Morgan fingerprint density at radius 2 is 1.89 bits per heavy atom. The molecule has 0 radical (unpaired) electrons. The zero-order valence-electron chi connectivity index (χ0n) is 10.9. The van der Waals surface area contributed by atoms with Crippen LogP contribution in [0.15, 0.2) is 42.5 Å². The van der Waals surface area contributed by atoms with Crippen LogP contribution in [0.1, 0.15) is 5.56 Å². The first kappa shape index (κ1) is 13.7. The van der Waals surface area contributed by atoms with Crippen molar-refractivity contribution in [1.82, 2.24) is 0 Å². The molecule has 100 valence electrons. The van der Waals surface area contributed by atoms with Crippen LogP contribution in [0.25, 0.3) is 0 Å². The van der Waals surface area contributed by atoms with Gasteiger partial charge in [-0.05, 0) is 24.3 Å². The van der Waals surface area contributed by atoms with E-state index in [0.29, 0.717) is 5.02 Å². The molecule has 0 saturated carbocycles. The predicted octanol–water partition coefficient (Wildman–Crippen LogP) is 3.61. The Bertz CT molecular complexity index is 572. The molecule has 0 bridgehead atoms. The third-order valence-electron chi connectivity index (χ3n) is 3.03. The largest absolute Gasteiger partial charge is 0.495 e. The molecule has 2 aromatic rings. The maximum absolute atomic E-state index is 9.43. The highest BCUT2D eigenvalue weighted by atomic mass is 35.5. The van der Waals surface area contributed by atoms with E-state index in [2.05, 4.69) is 0 Å². The summed E-state index contributed by atoms with van der Waals surface area (Å²) in [5, 5.41) is 10.1. The molecular weight excluding hydrogens is 262 g/mol. The van der Waals surface area contributed by atoms with Crippen LogP contribution in [-0.2, 0) is 6.61 Å². The highest BCUT2D eigenvalue weighted by Gasteiger charge is 2.13. The predicted molar refractivity (Wildman–Crippen MR) is 78.4 cm³/mol. The highest BCUT2D eigenvalue weighted by Crippen LogP contribution is 2.35. The number of rotatable bonds is 4. The van der Waals surface area contributed by atoms with Crippen molar-refractivity contribution >= 4 is 23.0 Å². The van der Waals surface area contributed by atoms with E-state index in [1.54, 1.807) is 13.2 Å². The van der Waals surface area contributed by atoms with Crippen molar-refractivity contribution in [2.24, 2.45) is 0 Å². The molecule has 0 aromatic heterocycles. The molecule has 0 unspecified atom stereocenters. The number of halogens is 1. The third-order valence-corrected chi connectivity index (χ3v) is 3.26. The lowest BCUT2D eigenvalue weighted by molar-refractivity contribution is 0.282. The topological polar surface area (TPSA) is 32.7 Å². The van der Waals surface area contributed by atoms with Gasteiger partial charge in [-0.2, -0.15) is 0 Å². The highest BCUT2D eigenvalue weighted by molar-refractivity contribution is 6.30. The molecule has 0 spiro atoms. The smallest absolute Gasteiger partial charge is 0.142 e. The number of hydrogen-bond donors (Lipinski definition) is 1. The standard InChI is InChI=1S/C15H16ClNO2/c1-17(13-5-3-4-6-15(13)19-2)14-9-12(16)8-7-11(14)10-18/h3-9,18H,10H2,1-2H3. The van der Waals surface area contributed by atoms with E-state index in [-0.39, 0.29) is 6.61 Å². The summed E-state index contributed by atoms with van der Waals surface area (Å²) >= 11 is 6.04. The van der Waals surface area contributed by atoms with Crippen molar-refractivity contribution in [3.63, 3.8) is 0 Å². The number of anilines is 2. The van der Waals surface area contributed by atoms with Crippen LogP contribution in [-0.4, -0.2) is 19.3 Å². The van der Waals surface area contributed by atoms with Gasteiger partial charge < -0.3 is 14.7 Å². The van der Waals surface area contributed by atoms with Crippen LogP contribution in [0, 0.1) is 0 Å². The molecule has 19 heavy (non-hydrogen) atoms. The summed E-state index contributed by atoms with van der Waals surface area (Å²) in [5.41, 5.74) is 2.60. The number of methoxy groups -OCH3 is 1. The van der Waals surface area contributed by atoms with E-state index in [0.717, 1.165) is 22.7 Å². The van der Waals surface area contributed by atoms with E-state index in [1.807, 2.05) is 48.3 Å². The van der Waals surface area contributed by atoms with E-state index < -0.39 is 0 Å². The first-order valence-corrected chi connectivity index (χ1v) is 6.31. The molecule has 2 rings (SSSR count). The number of para-hydroxylation sites is 2. The fraction of sp³-hybridized carbons (Fsp3) is 0.200. The van der Waals surface area contributed by atoms with Crippen molar-refractivity contribution in [2.45, 2.75) is 6.61 Å². The molecule has 3 nitrogen and oxygen atoms in total. The van der Waals surface area contributed by atoms with Gasteiger partial charge in [0.25, 0.3) is 0 Å². The van der Waals surface area contributed by atoms with Crippen molar-refractivity contribution in [3.05, 3.63) is 53.1 Å². The van der Waals surface area contributed by atoms with E-state index in [9.17, 15) is 5.11 Å². The van der Waals surface area contributed by atoms with Gasteiger partial charge in [-0.25, -0.2) is 0 Å². The number of benzene rings is 2. The molecule has 0 aliphatic heterocycles. The Labute approximate surface area is 118 Å². The molecular formula is C15H16ClNO2. The molecule has 0 saturated heterocycles. The first-order chi connectivity index (χ1) is 9.17. The minimum Gasteiger partial charge on any atom is -0.495 e. The summed E-state index contributed by atoms with van der Waals surface area (Å²) in [4.78, 5) is 1.95. The Hall–Kier alpha value is -1.71. The van der Waals surface area contributed by atoms with Gasteiger partial charge in [0.1, 0.15) is 5.75 Å². The second-order valence-electron chi connectivity index (χ2n) is 4.16. The molecule has 0 aliphatic rings. The maximum atomic E-state index is 9.43. The lowest BCUT2D eigenvalue weighted by Crippen LogP contribution is -2.13. The van der Waals surface area contributed by atoms with Gasteiger partial charge in [0.2, 0.25) is 0 Å². The third kappa shape index (κ3) is 2.83. The zero-order chi connectivity index (χ0) is 13.8. The SMILES string of the molecule is COc1ccccc1N(C)c1cc(Cl)ccc1CO. The molecule has 2 aromatic carbocycles. The van der Waals surface area contributed by atoms with Gasteiger partial charge in [0.05, 0.1) is 19.4 Å². The molecule has 0 heterocycles. The van der Waals surface area contributed by atoms with Crippen molar-refractivity contribution < 1.29 is 9.84 Å². The molecule has 0 amide bonds. The average Bonchev–Trinajstić information content (AvgIpc) is 2.46. The minimum atomic E-state index is -0.0357. The molecule has 0 fully saturated rings. The molecule has 0 aliphatic carbocycles. The average molecular weight is 278 g/mol. The fourth-order valence-corrected chi connectivity index (χ4v) is 2.19. The van der Waals surface area contributed by atoms with E-state index in [1.165, 1.54) is 0 Å². The summed E-state index contributed by atoms with van der Waals surface area (Å²) in [6.45, 7) is -0.0357. The van der Waals surface area contributed by atoms with Gasteiger partial charge in [-0.1, -0.05) is 29.8 Å². The lowest BCUT2D eigenvalue weighted by Gasteiger charge is -2.24.